The molecule has 1 saturated heterocycles. The van der Waals surface area contributed by atoms with Gasteiger partial charge in [0, 0.05) is 13.1 Å². The van der Waals surface area contributed by atoms with Gasteiger partial charge in [0.2, 0.25) is 0 Å². The van der Waals surface area contributed by atoms with Crippen LogP contribution >= 0.6 is 22.9 Å². The Bertz CT molecular complexity index is 364. The quantitative estimate of drug-likeness (QED) is 0.811. The normalized spacial score (nSPS) is 16.4. The second-order valence-electron chi connectivity index (χ2n) is 2.81. The van der Waals surface area contributed by atoms with Crippen molar-refractivity contribution in [3.05, 3.63) is 10.0 Å². The van der Waals surface area contributed by atoms with Crippen molar-refractivity contribution in [1.82, 2.24) is 10.3 Å². The molecule has 0 spiro atoms. The first kappa shape index (κ1) is 9.70. The lowest BCUT2D eigenvalue weighted by Gasteiger charge is -2.26. The maximum atomic E-state index is 10.6. The maximum Gasteiger partial charge on any atom is 0.357 e. The number of carboxylic acid groups (broad SMARTS) is 1. The summed E-state index contributed by atoms with van der Waals surface area (Å²) in [5.74, 6) is -1.13. The predicted octanol–water partition coefficient (Wildman–Crippen LogP) is 0.845. The molecule has 2 rings (SSSR count). The number of hydrogen-bond acceptors (Lipinski definition) is 5. The number of nitrogens with zero attached hydrogens (tertiary/aromatic N) is 1. The van der Waals surface area contributed by atoms with Gasteiger partial charge in [0.25, 0.3) is 5.19 Å². The molecular weight excluding hydrogens is 228 g/mol. The Balaban J connectivity index is 2.10. The van der Waals surface area contributed by atoms with Crippen molar-refractivity contribution in [3.63, 3.8) is 0 Å². The van der Waals surface area contributed by atoms with Crippen LogP contribution in [0.5, 0.6) is 5.19 Å². The summed E-state index contributed by atoms with van der Waals surface area (Å²) in [6.45, 7) is 1.53. The summed E-state index contributed by atoms with van der Waals surface area (Å²) in [5, 5.41) is 12.0. The number of hydrogen-bond donors (Lipinski definition) is 2. The summed E-state index contributed by atoms with van der Waals surface area (Å²) in [6, 6.07) is 0. The zero-order valence-electron chi connectivity index (χ0n) is 6.99. The van der Waals surface area contributed by atoms with Crippen molar-refractivity contribution in [2.75, 3.05) is 13.1 Å². The standard InChI is InChI=1S/C7H7ClN2O3S/c8-5-4(6(11)12)10-7(14-5)13-3-1-9-2-3/h3,9H,1-2H2,(H,11,12). The molecule has 0 radical (unpaired) electrons. The number of aromatic carboxylic acids is 1. The molecule has 1 aromatic heterocycles. The van der Waals surface area contributed by atoms with Crippen LogP contribution in [0.3, 0.4) is 0 Å². The molecule has 7 heteroatoms. The summed E-state index contributed by atoms with van der Waals surface area (Å²) in [6.07, 6.45) is 0.0823. The van der Waals surface area contributed by atoms with Gasteiger partial charge in [-0.25, -0.2) is 4.79 Å². The summed E-state index contributed by atoms with van der Waals surface area (Å²) in [5.41, 5.74) is -0.140. The lowest BCUT2D eigenvalue weighted by molar-refractivity contribution is 0.0689. The Morgan fingerprint density at radius 3 is 2.86 bits per heavy atom. The Kier molecular flexibility index (Phi) is 2.58. The highest BCUT2D eigenvalue weighted by molar-refractivity contribution is 7.17. The SMILES string of the molecule is O=C(O)c1nc(OC2CNC2)sc1Cl. The number of carbonyl (C=O) groups is 1. The number of carboxylic acids is 1. The average Bonchev–Trinajstić information content (AvgIpc) is 2.39. The van der Waals surface area contributed by atoms with Crippen LogP contribution in [-0.2, 0) is 0 Å². The maximum absolute atomic E-state index is 10.6. The van der Waals surface area contributed by atoms with Gasteiger partial charge in [-0.1, -0.05) is 22.9 Å². The number of nitrogens with one attached hydrogen (secondary N) is 1. The Morgan fingerprint density at radius 2 is 2.43 bits per heavy atom. The van der Waals surface area contributed by atoms with Crippen LogP contribution in [0.4, 0.5) is 0 Å². The first-order valence-electron chi connectivity index (χ1n) is 3.94. The molecule has 2 N–H and O–H groups in total. The van der Waals surface area contributed by atoms with E-state index in [4.69, 9.17) is 21.4 Å². The largest absolute Gasteiger partial charge is 0.476 e. The minimum Gasteiger partial charge on any atom is -0.476 e. The zero-order chi connectivity index (χ0) is 10.1. The van der Waals surface area contributed by atoms with Gasteiger partial charge in [0.15, 0.2) is 5.69 Å². The van der Waals surface area contributed by atoms with Gasteiger partial charge >= 0.3 is 5.97 Å². The van der Waals surface area contributed by atoms with Crippen molar-refractivity contribution in [2.45, 2.75) is 6.10 Å². The Labute approximate surface area is 88.7 Å². The minimum atomic E-state index is -1.13. The van der Waals surface area contributed by atoms with Crippen molar-refractivity contribution in [3.8, 4) is 5.19 Å². The van der Waals surface area contributed by atoms with Gasteiger partial charge in [0.05, 0.1) is 0 Å². The van der Waals surface area contributed by atoms with Crippen LogP contribution in [0.2, 0.25) is 4.34 Å². The van der Waals surface area contributed by atoms with E-state index >= 15 is 0 Å². The van der Waals surface area contributed by atoms with Crippen molar-refractivity contribution < 1.29 is 14.6 Å². The molecule has 1 aliphatic rings. The van der Waals surface area contributed by atoms with Gasteiger partial charge in [-0.3, -0.25) is 0 Å². The number of aromatic nitrogens is 1. The fourth-order valence-corrected chi connectivity index (χ4v) is 1.98. The fourth-order valence-electron chi connectivity index (χ4n) is 0.953. The molecule has 14 heavy (non-hydrogen) atoms. The molecule has 1 fully saturated rings. The number of halogens is 1. The van der Waals surface area contributed by atoms with E-state index in [1.54, 1.807) is 0 Å². The van der Waals surface area contributed by atoms with Gasteiger partial charge in [-0.2, -0.15) is 4.98 Å². The van der Waals surface area contributed by atoms with Crippen LogP contribution in [0, 0.1) is 0 Å². The summed E-state index contributed by atoms with van der Waals surface area (Å²) in [4.78, 5) is 14.4. The van der Waals surface area contributed by atoms with Gasteiger partial charge < -0.3 is 15.2 Å². The Hall–Kier alpha value is -0.850. The number of rotatable bonds is 3. The summed E-state index contributed by atoms with van der Waals surface area (Å²) >= 11 is 6.71. The van der Waals surface area contributed by atoms with Crippen LogP contribution in [0.25, 0.3) is 0 Å². The predicted molar refractivity (Wildman–Crippen MR) is 51.4 cm³/mol. The fraction of sp³-hybridized carbons (Fsp3) is 0.429. The lowest BCUT2D eigenvalue weighted by Crippen LogP contribution is -2.50. The topological polar surface area (TPSA) is 71.5 Å². The van der Waals surface area contributed by atoms with E-state index < -0.39 is 5.97 Å². The second-order valence-corrected chi connectivity index (χ2v) is 4.37. The molecule has 0 unspecified atom stereocenters. The van der Waals surface area contributed by atoms with E-state index in [2.05, 4.69) is 10.3 Å². The highest BCUT2D eigenvalue weighted by atomic mass is 35.5. The molecule has 1 aliphatic heterocycles. The molecule has 5 nitrogen and oxygen atoms in total. The third-order valence-electron chi connectivity index (χ3n) is 1.78. The molecule has 0 atom stereocenters. The first-order chi connectivity index (χ1) is 6.66. The minimum absolute atomic E-state index is 0.0823. The van der Waals surface area contributed by atoms with E-state index in [1.807, 2.05) is 0 Å². The molecule has 0 saturated carbocycles. The van der Waals surface area contributed by atoms with E-state index in [0.717, 1.165) is 24.4 Å². The van der Waals surface area contributed by atoms with Crippen LogP contribution in [0.1, 0.15) is 10.5 Å². The summed E-state index contributed by atoms with van der Waals surface area (Å²) < 4.78 is 5.51. The molecule has 0 aromatic carbocycles. The lowest BCUT2D eigenvalue weighted by atomic mass is 10.2. The molecule has 0 bridgehead atoms. The van der Waals surface area contributed by atoms with Crippen LogP contribution in [0.15, 0.2) is 0 Å². The van der Waals surface area contributed by atoms with Crippen LogP contribution in [-0.4, -0.2) is 35.3 Å². The highest BCUT2D eigenvalue weighted by Gasteiger charge is 2.22. The molecule has 76 valence electrons. The monoisotopic (exact) mass is 234 g/mol. The highest BCUT2D eigenvalue weighted by Crippen LogP contribution is 2.30. The van der Waals surface area contributed by atoms with E-state index in [1.165, 1.54) is 0 Å². The van der Waals surface area contributed by atoms with E-state index in [9.17, 15) is 4.79 Å². The zero-order valence-corrected chi connectivity index (χ0v) is 8.56. The Morgan fingerprint density at radius 1 is 1.71 bits per heavy atom. The second kappa shape index (κ2) is 3.72. The molecular formula is C7H7ClN2O3S. The molecule has 2 heterocycles. The summed E-state index contributed by atoms with van der Waals surface area (Å²) in [7, 11) is 0. The third-order valence-corrected chi connectivity index (χ3v) is 2.93. The van der Waals surface area contributed by atoms with Gasteiger partial charge in [-0.15, -0.1) is 0 Å². The van der Waals surface area contributed by atoms with Gasteiger partial charge in [0.1, 0.15) is 10.4 Å². The molecule has 0 aliphatic carbocycles. The van der Waals surface area contributed by atoms with Crippen molar-refractivity contribution in [2.24, 2.45) is 0 Å². The number of thiazole rings is 1. The third kappa shape index (κ3) is 1.82. The average molecular weight is 235 g/mol. The smallest absolute Gasteiger partial charge is 0.357 e. The first-order valence-corrected chi connectivity index (χ1v) is 5.13. The van der Waals surface area contributed by atoms with E-state index in [-0.39, 0.29) is 16.1 Å². The van der Waals surface area contributed by atoms with E-state index in [0.29, 0.717) is 5.19 Å². The molecule has 0 amide bonds. The van der Waals surface area contributed by atoms with Crippen molar-refractivity contribution >= 4 is 28.9 Å². The number of ether oxygens (including phenoxy) is 1. The molecule has 1 aromatic rings. The van der Waals surface area contributed by atoms with Crippen LogP contribution < -0.4 is 10.1 Å². The van der Waals surface area contributed by atoms with Crippen molar-refractivity contribution in [1.29, 1.82) is 0 Å². The van der Waals surface area contributed by atoms with Gasteiger partial charge in [-0.05, 0) is 0 Å².